The van der Waals surface area contributed by atoms with E-state index in [2.05, 4.69) is 49.5 Å². The van der Waals surface area contributed by atoms with Crippen LogP contribution in [0, 0.1) is 0 Å². The van der Waals surface area contributed by atoms with Crippen molar-refractivity contribution < 1.29 is 9.32 Å². The van der Waals surface area contributed by atoms with Crippen LogP contribution in [0.3, 0.4) is 0 Å². The first-order valence-corrected chi connectivity index (χ1v) is 11.4. The van der Waals surface area contributed by atoms with Crippen LogP contribution in [-0.4, -0.2) is 60.2 Å². The lowest BCUT2D eigenvalue weighted by Gasteiger charge is -2.36. The average Bonchev–Trinajstić information content (AvgIpc) is 3.29. The van der Waals surface area contributed by atoms with Gasteiger partial charge in [0.2, 0.25) is 17.6 Å². The Labute approximate surface area is 193 Å². The fourth-order valence-electron chi connectivity index (χ4n) is 3.78. The van der Waals surface area contributed by atoms with E-state index in [1.54, 1.807) is 12.1 Å². The minimum Gasteiger partial charge on any atom is -0.369 e. The maximum absolute atomic E-state index is 12.2. The molecule has 32 heavy (non-hydrogen) atoms. The zero-order valence-electron chi connectivity index (χ0n) is 18.0. The summed E-state index contributed by atoms with van der Waals surface area (Å²) in [5.41, 5.74) is 2.13. The minimum absolute atomic E-state index is 0.0605. The number of hydrogen-bond acceptors (Lipinski definition) is 6. The number of aromatic nitrogens is 2. The average molecular weight is 454 g/mol. The van der Waals surface area contributed by atoms with Gasteiger partial charge in [0.05, 0.1) is 0 Å². The Morgan fingerprint density at radius 2 is 1.78 bits per heavy atom. The molecular formula is C24H28ClN5O2. The molecule has 168 valence electrons. The first kappa shape index (κ1) is 22.3. The number of benzene rings is 2. The van der Waals surface area contributed by atoms with E-state index in [9.17, 15) is 4.79 Å². The monoisotopic (exact) mass is 453 g/mol. The third kappa shape index (κ3) is 6.31. The maximum atomic E-state index is 12.2. The molecule has 0 atom stereocenters. The quantitative estimate of drug-likeness (QED) is 0.533. The van der Waals surface area contributed by atoms with Crippen molar-refractivity contribution in [3.63, 3.8) is 0 Å². The third-order valence-electron chi connectivity index (χ3n) is 5.61. The van der Waals surface area contributed by atoms with Crippen molar-refractivity contribution >= 4 is 23.2 Å². The molecule has 4 rings (SSSR count). The second-order valence-electron chi connectivity index (χ2n) is 7.89. The highest BCUT2D eigenvalue weighted by Crippen LogP contribution is 2.19. The van der Waals surface area contributed by atoms with Crippen molar-refractivity contribution in [1.29, 1.82) is 0 Å². The molecule has 1 amide bonds. The van der Waals surface area contributed by atoms with Gasteiger partial charge < -0.3 is 14.7 Å². The summed E-state index contributed by atoms with van der Waals surface area (Å²) in [4.78, 5) is 21.4. The zero-order chi connectivity index (χ0) is 22.2. The van der Waals surface area contributed by atoms with Crippen LogP contribution in [-0.2, 0) is 11.2 Å². The molecule has 1 N–H and O–H groups in total. The van der Waals surface area contributed by atoms with Crippen LogP contribution < -0.4 is 10.2 Å². The van der Waals surface area contributed by atoms with E-state index in [0.29, 0.717) is 42.5 Å². The normalized spacial score (nSPS) is 14.5. The maximum Gasteiger partial charge on any atom is 0.226 e. The van der Waals surface area contributed by atoms with E-state index in [1.165, 1.54) is 5.69 Å². The number of halogens is 1. The summed E-state index contributed by atoms with van der Waals surface area (Å²) in [6.07, 6.45) is 1.69. The zero-order valence-corrected chi connectivity index (χ0v) is 18.8. The predicted octanol–water partition coefficient (Wildman–Crippen LogP) is 3.65. The second kappa shape index (κ2) is 11.1. The van der Waals surface area contributed by atoms with E-state index < -0.39 is 0 Å². The lowest BCUT2D eigenvalue weighted by Crippen LogP contribution is -2.48. The molecule has 0 radical (unpaired) electrons. The summed E-state index contributed by atoms with van der Waals surface area (Å²) in [5.74, 6) is 1.14. The van der Waals surface area contributed by atoms with Gasteiger partial charge in [-0.15, -0.1) is 0 Å². The standard InChI is InChI=1S/C24H28ClN5O2/c25-20-11-9-19(10-12-20)24-27-23(32-28-24)8-4-7-22(31)26-13-14-29-15-17-30(18-16-29)21-5-2-1-3-6-21/h1-3,5-6,9-12H,4,7-8,13-18H2,(H,26,31). The number of piperazine rings is 1. The predicted molar refractivity (Wildman–Crippen MR) is 126 cm³/mol. The number of carbonyl (C=O) groups is 1. The van der Waals surface area contributed by atoms with Gasteiger partial charge in [-0.05, 0) is 42.8 Å². The van der Waals surface area contributed by atoms with E-state index in [0.717, 1.165) is 38.3 Å². The topological polar surface area (TPSA) is 74.5 Å². The molecule has 3 aromatic rings. The molecule has 2 aromatic carbocycles. The minimum atomic E-state index is 0.0605. The Kier molecular flexibility index (Phi) is 7.74. The van der Waals surface area contributed by atoms with Gasteiger partial charge in [-0.3, -0.25) is 9.69 Å². The number of anilines is 1. The number of nitrogens with zero attached hydrogens (tertiary/aromatic N) is 4. The van der Waals surface area contributed by atoms with Gasteiger partial charge in [-0.1, -0.05) is 35.0 Å². The fourth-order valence-corrected chi connectivity index (χ4v) is 3.91. The van der Waals surface area contributed by atoms with Crippen LogP contribution in [0.1, 0.15) is 18.7 Å². The molecule has 0 spiro atoms. The van der Waals surface area contributed by atoms with Crippen LogP contribution >= 0.6 is 11.6 Å². The summed E-state index contributed by atoms with van der Waals surface area (Å²) in [6.45, 7) is 5.60. The van der Waals surface area contributed by atoms with Crippen molar-refractivity contribution in [1.82, 2.24) is 20.4 Å². The van der Waals surface area contributed by atoms with Crippen LogP contribution in [0.5, 0.6) is 0 Å². The van der Waals surface area contributed by atoms with E-state index >= 15 is 0 Å². The molecule has 0 saturated carbocycles. The van der Waals surface area contributed by atoms with Crippen LogP contribution in [0.15, 0.2) is 59.1 Å². The Balaban J connectivity index is 1.10. The Hall–Kier alpha value is -2.90. The first-order valence-electron chi connectivity index (χ1n) is 11.0. The highest BCUT2D eigenvalue weighted by Gasteiger charge is 2.17. The van der Waals surface area contributed by atoms with Gasteiger partial charge in [-0.2, -0.15) is 4.98 Å². The number of para-hydroxylation sites is 1. The molecule has 2 heterocycles. The van der Waals surface area contributed by atoms with Crippen molar-refractivity contribution in [2.24, 2.45) is 0 Å². The van der Waals surface area contributed by atoms with Crippen molar-refractivity contribution in [2.45, 2.75) is 19.3 Å². The summed E-state index contributed by atoms with van der Waals surface area (Å²) in [5, 5.41) is 7.69. The molecule has 8 heteroatoms. The van der Waals surface area contributed by atoms with Crippen molar-refractivity contribution in [3.8, 4) is 11.4 Å². The molecule has 1 saturated heterocycles. The molecule has 1 fully saturated rings. The van der Waals surface area contributed by atoms with Crippen LogP contribution in [0.4, 0.5) is 5.69 Å². The van der Waals surface area contributed by atoms with Crippen LogP contribution in [0.2, 0.25) is 5.02 Å². The molecule has 1 aliphatic heterocycles. The lowest BCUT2D eigenvalue weighted by atomic mass is 10.2. The molecular weight excluding hydrogens is 426 g/mol. The molecule has 1 aromatic heterocycles. The van der Waals surface area contributed by atoms with Gasteiger partial charge in [0, 0.05) is 68.4 Å². The Morgan fingerprint density at radius 1 is 1.03 bits per heavy atom. The molecule has 0 unspecified atom stereocenters. The summed E-state index contributed by atoms with van der Waals surface area (Å²) in [6, 6.07) is 17.8. The number of hydrogen-bond donors (Lipinski definition) is 1. The molecule has 1 aliphatic rings. The van der Waals surface area contributed by atoms with Gasteiger partial charge in [-0.25, -0.2) is 0 Å². The van der Waals surface area contributed by atoms with Gasteiger partial charge in [0.1, 0.15) is 0 Å². The Morgan fingerprint density at radius 3 is 2.53 bits per heavy atom. The number of nitrogens with one attached hydrogen (secondary N) is 1. The number of amides is 1. The van der Waals surface area contributed by atoms with Gasteiger partial charge in [0.25, 0.3) is 0 Å². The summed E-state index contributed by atoms with van der Waals surface area (Å²) >= 11 is 5.90. The van der Waals surface area contributed by atoms with Crippen molar-refractivity contribution in [2.75, 3.05) is 44.2 Å². The Bertz CT molecular complexity index is 985. The largest absolute Gasteiger partial charge is 0.369 e. The van der Waals surface area contributed by atoms with Gasteiger partial charge >= 0.3 is 0 Å². The third-order valence-corrected chi connectivity index (χ3v) is 5.86. The highest BCUT2D eigenvalue weighted by molar-refractivity contribution is 6.30. The van der Waals surface area contributed by atoms with E-state index in [-0.39, 0.29) is 5.91 Å². The number of aryl methyl sites for hydroxylation is 1. The molecule has 7 nitrogen and oxygen atoms in total. The van der Waals surface area contributed by atoms with E-state index in [1.807, 2.05) is 18.2 Å². The molecule has 0 bridgehead atoms. The first-order chi connectivity index (χ1) is 15.7. The highest BCUT2D eigenvalue weighted by atomic mass is 35.5. The summed E-state index contributed by atoms with van der Waals surface area (Å²) < 4.78 is 5.30. The lowest BCUT2D eigenvalue weighted by molar-refractivity contribution is -0.121. The van der Waals surface area contributed by atoms with Crippen molar-refractivity contribution in [3.05, 3.63) is 65.5 Å². The van der Waals surface area contributed by atoms with E-state index in [4.69, 9.17) is 16.1 Å². The van der Waals surface area contributed by atoms with Crippen LogP contribution in [0.25, 0.3) is 11.4 Å². The second-order valence-corrected chi connectivity index (χ2v) is 8.32. The smallest absolute Gasteiger partial charge is 0.226 e. The SMILES string of the molecule is O=C(CCCc1nc(-c2ccc(Cl)cc2)no1)NCCN1CCN(c2ccccc2)CC1. The molecule has 0 aliphatic carbocycles. The number of carbonyl (C=O) groups excluding carboxylic acids is 1. The van der Waals surface area contributed by atoms with Gasteiger partial charge in [0.15, 0.2) is 0 Å². The summed E-state index contributed by atoms with van der Waals surface area (Å²) in [7, 11) is 0. The fraction of sp³-hybridized carbons (Fsp3) is 0.375. The number of rotatable bonds is 9.